The number of rotatable bonds is 3. The van der Waals surface area contributed by atoms with Crippen molar-refractivity contribution in [2.24, 2.45) is 0 Å². The molecule has 0 fully saturated rings. The van der Waals surface area contributed by atoms with Crippen molar-refractivity contribution in [3.8, 4) is 11.3 Å². The minimum Gasteiger partial charge on any atom is -0.345 e. The zero-order chi connectivity index (χ0) is 15.7. The molecule has 0 amide bonds. The fourth-order valence-corrected chi connectivity index (χ4v) is 2.99. The summed E-state index contributed by atoms with van der Waals surface area (Å²) in [6.07, 6.45) is 0.588. The number of hydrogen-bond acceptors (Lipinski definition) is 1. The molecule has 0 aliphatic heterocycles. The minimum atomic E-state index is 0.588. The van der Waals surface area contributed by atoms with Crippen LogP contribution in [0.15, 0.2) is 42.5 Å². The molecule has 2 aromatic carbocycles. The molecule has 3 aromatic rings. The molecule has 0 unspecified atom stereocenters. The Labute approximate surface area is 144 Å². The van der Waals surface area contributed by atoms with Gasteiger partial charge in [-0.05, 0) is 36.8 Å². The van der Waals surface area contributed by atoms with Gasteiger partial charge in [0.2, 0.25) is 0 Å². The van der Waals surface area contributed by atoms with E-state index in [0.717, 1.165) is 28.3 Å². The smallest absolute Gasteiger partial charge is 0.111 e. The molecule has 0 spiro atoms. The molecule has 2 nitrogen and oxygen atoms in total. The molecule has 0 saturated carbocycles. The van der Waals surface area contributed by atoms with Gasteiger partial charge >= 0.3 is 0 Å². The second-order valence-corrected chi connectivity index (χ2v) is 6.30. The van der Waals surface area contributed by atoms with Gasteiger partial charge < -0.3 is 4.98 Å². The van der Waals surface area contributed by atoms with Crippen molar-refractivity contribution in [3.05, 3.63) is 74.6 Å². The summed E-state index contributed by atoms with van der Waals surface area (Å²) >= 11 is 18.5. The highest BCUT2D eigenvalue weighted by Crippen LogP contribution is 2.29. The molecule has 22 heavy (non-hydrogen) atoms. The van der Waals surface area contributed by atoms with Crippen LogP contribution in [0.25, 0.3) is 11.3 Å². The first-order valence-corrected chi connectivity index (χ1v) is 7.92. The minimum absolute atomic E-state index is 0.588. The first kappa shape index (κ1) is 15.4. The zero-order valence-corrected chi connectivity index (χ0v) is 14.1. The van der Waals surface area contributed by atoms with Crippen LogP contribution in [0.1, 0.15) is 17.1 Å². The van der Waals surface area contributed by atoms with Gasteiger partial charge in [-0.3, -0.25) is 0 Å². The Morgan fingerprint density at radius 3 is 2.55 bits per heavy atom. The highest BCUT2D eigenvalue weighted by atomic mass is 35.5. The van der Waals surface area contributed by atoms with Crippen LogP contribution < -0.4 is 0 Å². The van der Waals surface area contributed by atoms with E-state index < -0.39 is 0 Å². The van der Waals surface area contributed by atoms with Gasteiger partial charge in [-0.25, -0.2) is 4.98 Å². The Morgan fingerprint density at radius 2 is 1.77 bits per heavy atom. The molecule has 1 N–H and O–H groups in total. The third-order valence-electron chi connectivity index (χ3n) is 3.43. The van der Waals surface area contributed by atoms with Crippen LogP contribution in [0.2, 0.25) is 15.1 Å². The molecule has 112 valence electrons. The van der Waals surface area contributed by atoms with E-state index in [-0.39, 0.29) is 0 Å². The number of nitrogens with zero attached hydrogens (tertiary/aromatic N) is 1. The monoisotopic (exact) mass is 350 g/mol. The zero-order valence-electron chi connectivity index (χ0n) is 11.8. The Kier molecular flexibility index (Phi) is 4.44. The van der Waals surface area contributed by atoms with E-state index in [1.54, 1.807) is 12.1 Å². The summed E-state index contributed by atoms with van der Waals surface area (Å²) in [5.41, 5.74) is 3.69. The highest BCUT2D eigenvalue weighted by Gasteiger charge is 2.13. The molecule has 0 aliphatic carbocycles. The summed E-state index contributed by atoms with van der Waals surface area (Å²) < 4.78 is 0. The maximum Gasteiger partial charge on any atom is 0.111 e. The summed E-state index contributed by atoms with van der Waals surface area (Å²) in [6, 6.07) is 13.1. The van der Waals surface area contributed by atoms with Gasteiger partial charge in [0.05, 0.1) is 10.7 Å². The lowest BCUT2D eigenvalue weighted by molar-refractivity contribution is 1.02. The first-order chi connectivity index (χ1) is 10.5. The predicted octanol–water partition coefficient (Wildman–Crippen LogP) is 5.94. The highest BCUT2D eigenvalue weighted by molar-refractivity contribution is 6.33. The number of aryl methyl sites for hydroxylation is 1. The van der Waals surface area contributed by atoms with E-state index in [0.29, 0.717) is 21.5 Å². The second kappa shape index (κ2) is 6.33. The topological polar surface area (TPSA) is 28.7 Å². The van der Waals surface area contributed by atoms with Gasteiger partial charge in [0.15, 0.2) is 0 Å². The Morgan fingerprint density at radius 1 is 1.00 bits per heavy atom. The summed E-state index contributed by atoms with van der Waals surface area (Å²) in [5.74, 6) is 0.830. The number of imidazole rings is 1. The van der Waals surface area contributed by atoms with Crippen LogP contribution in [0.4, 0.5) is 0 Å². The van der Waals surface area contributed by atoms with E-state index in [1.165, 1.54) is 0 Å². The molecule has 3 rings (SSSR count). The van der Waals surface area contributed by atoms with E-state index in [9.17, 15) is 0 Å². The molecule has 1 heterocycles. The SMILES string of the molecule is Cc1[nH]c(Cc2cc(Cl)ccc2Cl)nc1-c1ccccc1Cl. The van der Waals surface area contributed by atoms with Crippen molar-refractivity contribution < 1.29 is 0 Å². The van der Waals surface area contributed by atoms with E-state index in [4.69, 9.17) is 34.8 Å². The number of benzene rings is 2. The molecule has 5 heteroatoms. The fraction of sp³-hybridized carbons (Fsp3) is 0.118. The van der Waals surface area contributed by atoms with E-state index >= 15 is 0 Å². The predicted molar refractivity (Wildman–Crippen MR) is 93.0 cm³/mol. The van der Waals surface area contributed by atoms with Crippen molar-refractivity contribution in [2.75, 3.05) is 0 Å². The van der Waals surface area contributed by atoms with Gasteiger partial charge in [0, 0.05) is 27.7 Å². The van der Waals surface area contributed by atoms with Crippen molar-refractivity contribution in [2.45, 2.75) is 13.3 Å². The number of hydrogen-bond donors (Lipinski definition) is 1. The van der Waals surface area contributed by atoms with Crippen LogP contribution in [-0.4, -0.2) is 9.97 Å². The summed E-state index contributed by atoms with van der Waals surface area (Å²) in [5, 5.41) is 2.02. The molecule has 1 aromatic heterocycles. The molecular formula is C17H13Cl3N2. The summed E-state index contributed by atoms with van der Waals surface area (Å²) in [7, 11) is 0. The van der Waals surface area contributed by atoms with Gasteiger partial charge in [0.1, 0.15) is 5.82 Å². The van der Waals surface area contributed by atoms with Crippen molar-refractivity contribution in [1.29, 1.82) is 0 Å². The van der Waals surface area contributed by atoms with Crippen LogP contribution in [-0.2, 0) is 6.42 Å². The van der Waals surface area contributed by atoms with Crippen LogP contribution in [0, 0.1) is 6.92 Å². The Bertz CT molecular complexity index is 825. The Hall–Kier alpha value is -1.48. The molecular weight excluding hydrogens is 339 g/mol. The van der Waals surface area contributed by atoms with E-state index in [1.807, 2.05) is 37.3 Å². The lowest BCUT2D eigenvalue weighted by Crippen LogP contribution is -1.92. The summed E-state index contributed by atoms with van der Waals surface area (Å²) in [4.78, 5) is 7.96. The Balaban J connectivity index is 1.96. The summed E-state index contributed by atoms with van der Waals surface area (Å²) in [6.45, 7) is 1.98. The largest absolute Gasteiger partial charge is 0.345 e. The van der Waals surface area contributed by atoms with Gasteiger partial charge in [-0.2, -0.15) is 0 Å². The van der Waals surface area contributed by atoms with Gasteiger partial charge in [-0.15, -0.1) is 0 Å². The number of aromatic nitrogens is 2. The lowest BCUT2D eigenvalue weighted by Gasteiger charge is -2.03. The van der Waals surface area contributed by atoms with Crippen LogP contribution in [0.5, 0.6) is 0 Å². The quantitative estimate of drug-likeness (QED) is 0.622. The average Bonchev–Trinajstić information content (AvgIpc) is 2.84. The van der Waals surface area contributed by atoms with Gasteiger partial charge in [-0.1, -0.05) is 53.0 Å². The first-order valence-electron chi connectivity index (χ1n) is 6.79. The molecule has 0 aliphatic rings. The van der Waals surface area contributed by atoms with Crippen molar-refractivity contribution >= 4 is 34.8 Å². The maximum absolute atomic E-state index is 6.25. The van der Waals surface area contributed by atoms with Gasteiger partial charge in [0.25, 0.3) is 0 Å². The molecule has 0 saturated heterocycles. The third-order valence-corrected chi connectivity index (χ3v) is 4.36. The average molecular weight is 352 g/mol. The number of aromatic amines is 1. The third kappa shape index (κ3) is 3.14. The number of halogens is 3. The molecule has 0 bridgehead atoms. The van der Waals surface area contributed by atoms with Crippen molar-refractivity contribution in [3.63, 3.8) is 0 Å². The number of H-pyrrole nitrogens is 1. The van der Waals surface area contributed by atoms with Crippen LogP contribution in [0.3, 0.4) is 0 Å². The van der Waals surface area contributed by atoms with E-state index in [2.05, 4.69) is 9.97 Å². The molecule has 0 radical (unpaired) electrons. The van der Waals surface area contributed by atoms with Crippen molar-refractivity contribution in [1.82, 2.24) is 9.97 Å². The fourth-order valence-electron chi connectivity index (χ4n) is 2.38. The normalized spacial score (nSPS) is 10.9. The molecule has 0 atom stereocenters. The second-order valence-electron chi connectivity index (χ2n) is 5.05. The standard InChI is InChI=1S/C17H13Cl3N2/c1-10-17(13-4-2-3-5-15(13)20)22-16(21-10)9-11-8-12(18)6-7-14(11)19/h2-8H,9H2,1H3,(H,21,22). The van der Waals surface area contributed by atoms with Crippen LogP contribution >= 0.6 is 34.8 Å². The lowest BCUT2D eigenvalue weighted by atomic mass is 10.1. The number of nitrogens with one attached hydrogen (secondary N) is 1. The maximum atomic E-state index is 6.25.